The lowest BCUT2D eigenvalue weighted by molar-refractivity contribution is -0.265. The Morgan fingerprint density at radius 1 is 1.33 bits per heavy atom. The van der Waals surface area contributed by atoms with E-state index in [1.807, 2.05) is 0 Å². The van der Waals surface area contributed by atoms with Crippen LogP contribution in [-0.4, -0.2) is 21.4 Å². The summed E-state index contributed by atoms with van der Waals surface area (Å²) in [5.74, 6) is 0. The number of fused-ring (bicyclic) bond motifs is 1. The van der Waals surface area contributed by atoms with E-state index in [2.05, 4.69) is 13.5 Å². The van der Waals surface area contributed by atoms with Crippen molar-refractivity contribution in [1.82, 2.24) is 0 Å². The third-order valence-electron chi connectivity index (χ3n) is 3.98. The van der Waals surface area contributed by atoms with E-state index in [1.54, 1.807) is 0 Å². The fraction of sp³-hybridized carbons (Fsp3) is 0.800. The van der Waals surface area contributed by atoms with E-state index in [4.69, 9.17) is 0 Å². The predicted molar refractivity (Wildman–Crippen MR) is 46.7 cm³/mol. The SMILES string of the molecule is C=C[C@@]1(O)C[C@@]2(C)CCC[C@]21O. The molecule has 0 aliphatic heterocycles. The highest BCUT2D eigenvalue weighted by molar-refractivity contribution is 5.29. The van der Waals surface area contributed by atoms with Crippen LogP contribution in [0.3, 0.4) is 0 Å². The largest absolute Gasteiger partial charge is 0.386 e. The quantitative estimate of drug-likeness (QED) is 0.578. The first kappa shape index (κ1) is 8.27. The monoisotopic (exact) mass is 168 g/mol. The molecule has 0 unspecified atom stereocenters. The van der Waals surface area contributed by atoms with Crippen LogP contribution in [0.4, 0.5) is 0 Å². The van der Waals surface area contributed by atoms with Crippen LogP contribution in [0.1, 0.15) is 32.6 Å². The minimum absolute atomic E-state index is 0.0596. The lowest BCUT2D eigenvalue weighted by atomic mass is 9.50. The summed E-state index contributed by atoms with van der Waals surface area (Å²) in [6.45, 7) is 5.63. The van der Waals surface area contributed by atoms with E-state index in [9.17, 15) is 10.2 Å². The van der Waals surface area contributed by atoms with Crippen LogP contribution in [0.5, 0.6) is 0 Å². The molecule has 0 aromatic rings. The number of aliphatic hydroxyl groups is 2. The molecule has 12 heavy (non-hydrogen) atoms. The van der Waals surface area contributed by atoms with Crippen LogP contribution in [0.25, 0.3) is 0 Å². The van der Waals surface area contributed by atoms with Gasteiger partial charge in [0.05, 0.1) is 0 Å². The molecule has 0 aromatic carbocycles. The van der Waals surface area contributed by atoms with Crippen LogP contribution in [-0.2, 0) is 0 Å². The Bertz CT molecular complexity index is 238. The van der Waals surface area contributed by atoms with Crippen molar-refractivity contribution in [3.63, 3.8) is 0 Å². The highest BCUT2D eigenvalue weighted by Gasteiger charge is 2.71. The second-order valence-electron chi connectivity index (χ2n) is 4.58. The molecule has 2 aliphatic carbocycles. The van der Waals surface area contributed by atoms with Crippen molar-refractivity contribution in [2.45, 2.75) is 43.8 Å². The van der Waals surface area contributed by atoms with Gasteiger partial charge in [-0.15, -0.1) is 6.58 Å². The highest BCUT2D eigenvalue weighted by Crippen LogP contribution is 2.65. The first-order valence-electron chi connectivity index (χ1n) is 4.56. The zero-order chi connectivity index (χ0) is 9.04. The third-order valence-corrected chi connectivity index (χ3v) is 3.98. The summed E-state index contributed by atoms with van der Waals surface area (Å²) in [6.07, 6.45) is 4.93. The molecule has 2 aliphatic rings. The Morgan fingerprint density at radius 3 is 2.50 bits per heavy atom. The maximum atomic E-state index is 10.2. The summed E-state index contributed by atoms with van der Waals surface area (Å²) in [6, 6.07) is 0. The Morgan fingerprint density at radius 2 is 2.00 bits per heavy atom. The van der Waals surface area contributed by atoms with E-state index >= 15 is 0 Å². The van der Waals surface area contributed by atoms with Crippen LogP contribution < -0.4 is 0 Å². The Hall–Kier alpha value is -0.340. The number of rotatable bonds is 1. The first-order valence-corrected chi connectivity index (χ1v) is 4.56. The van der Waals surface area contributed by atoms with Gasteiger partial charge in [0.15, 0.2) is 0 Å². The maximum Gasteiger partial charge on any atom is 0.112 e. The molecule has 2 nitrogen and oxygen atoms in total. The number of hydrogen-bond acceptors (Lipinski definition) is 2. The van der Waals surface area contributed by atoms with Gasteiger partial charge in [-0.05, 0) is 25.7 Å². The zero-order valence-corrected chi connectivity index (χ0v) is 7.51. The highest BCUT2D eigenvalue weighted by atomic mass is 16.4. The zero-order valence-electron chi connectivity index (χ0n) is 7.51. The Kier molecular flexibility index (Phi) is 1.33. The van der Waals surface area contributed by atoms with Gasteiger partial charge in [0, 0.05) is 5.41 Å². The van der Waals surface area contributed by atoms with Gasteiger partial charge >= 0.3 is 0 Å². The van der Waals surface area contributed by atoms with Crippen molar-refractivity contribution in [2.75, 3.05) is 0 Å². The van der Waals surface area contributed by atoms with Crippen molar-refractivity contribution in [3.05, 3.63) is 12.7 Å². The first-order chi connectivity index (χ1) is 5.47. The molecule has 3 atom stereocenters. The summed E-state index contributed by atoms with van der Waals surface area (Å²) in [5.41, 5.74) is -1.96. The van der Waals surface area contributed by atoms with Gasteiger partial charge in [-0.25, -0.2) is 0 Å². The molecule has 2 fully saturated rings. The normalized spacial score (nSPS) is 57.6. The fourth-order valence-corrected chi connectivity index (χ4v) is 3.09. The van der Waals surface area contributed by atoms with Gasteiger partial charge in [-0.1, -0.05) is 13.0 Å². The maximum absolute atomic E-state index is 10.2. The average molecular weight is 168 g/mol. The third kappa shape index (κ3) is 0.603. The van der Waals surface area contributed by atoms with E-state index in [1.165, 1.54) is 6.08 Å². The standard InChI is InChI=1S/C10H16O2/c1-3-9(11)7-8(2)5-4-6-10(8,9)12/h3,11-12H,1,4-7H2,2H3/t8-,9-,10+/m1/s1. The summed E-state index contributed by atoms with van der Waals surface area (Å²) in [5, 5.41) is 20.2. The molecule has 0 heterocycles. The molecule has 0 spiro atoms. The van der Waals surface area contributed by atoms with Crippen molar-refractivity contribution in [1.29, 1.82) is 0 Å². The van der Waals surface area contributed by atoms with Crippen molar-refractivity contribution >= 4 is 0 Å². The van der Waals surface area contributed by atoms with Crippen LogP contribution in [0, 0.1) is 5.41 Å². The van der Waals surface area contributed by atoms with Gasteiger partial charge in [-0.2, -0.15) is 0 Å². The minimum atomic E-state index is -1.02. The van der Waals surface area contributed by atoms with Crippen molar-refractivity contribution in [2.24, 2.45) is 5.41 Å². The van der Waals surface area contributed by atoms with Crippen LogP contribution in [0.2, 0.25) is 0 Å². The average Bonchev–Trinajstić information content (AvgIpc) is 2.25. The Balaban J connectivity index is 2.35. The summed E-state index contributed by atoms with van der Waals surface area (Å²) in [7, 11) is 0. The molecule has 68 valence electrons. The molecule has 2 rings (SSSR count). The molecule has 0 amide bonds. The van der Waals surface area contributed by atoms with Crippen LogP contribution >= 0.6 is 0 Å². The second-order valence-corrected chi connectivity index (χ2v) is 4.58. The molecule has 2 heteroatoms. The second kappa shape index (κ2) is 1.94. The van der Waals surface area contributed by atoms with E-state index in [-0.39, 0.29) is 5.41 Å². The molecule has 0 aromatic heterocycles. The summed E-state index contributed by atoms with van der Waals surface area (Å²) < 4.78 is 0. The van der Waals surface area contributed by atoms with E-state index in [0.29, 0.717) is 12.8 Å². The smallest absolute Gasteiger partial charge is 0.112 e. The van der Waals surface area contributed by atoms with E-state index < -0.39 is 11.2 Å². The predicted octanol–water partition coefficient (Wildman–Crippen LogP) is 1.23. The molecule has 0 saturated heterocycles. The topological polar surface area (TPSA) is 40.5 Å². The molecular weight excluding hydrogens is 152 g/mol. The van der Waals surface area contributed by atoms with Gasteiger partial charge < -0.3 is 10.2 Å². The van der Waals surface area contributed by atoms with Crippen molar-refractivity contribution in [3.8, 4) is 0 Å². The summed E-state index contributed by atoms with van der Waals surface area (Å²) in [4.78, 5) is 0. The molecule has 2 N–H and O–H groups in total. The van der Waals surface area contributed by atoms with E-state index in [0.717, 1.165) is 12.8 Å². The Labute approximate surface area is 72.9 Å². The lowest BCUT2D eigenvalue weighted by Crippen LogP contribution is -2.71. The molecule has 2 saturated carbocycles. The molecular formula is C10H16O2. The van der Waals surface area contributed by atoms with Gasteiger partial charge in [-0.3, -0.25) is 0 Å². The van der Waals surface area contributed by atoms with Gasteiger partial charge in [0.2, 0.25) is 0 Å². The van der Waals surface area contributed by atoms with Gasteiger partial charge in [0.25, 0.3) is 0 Å². The van der Waals surface area contributed by atoms with Crippen molar-refractivity contribution < 1.29 is 10.2 Å². The minimum Gasteiger partial charge on any atom is -0.386 e. The fourth-order valence-electron chi connectivity index (χ4n) is 3.09. The lowest BCUT2D eigenvalue weighted by Gasteiger charge is -2.61. The molecule has 0 radical (unpaired) electrons. The van der Waals surface area contributed by atoms with Gasteiger partial charge in [0.1, 0.15) is 11.2 Å². The molecule has 0 bridgehead atoms. The van der Waals surface area contributed by atoms with Crippen LogP contribution in [0.15, 0.2) is 12.7 Å². The number of hydrogen-bond donors (Lipinski definition) is 2. The summed E-state index contributed by atoms with van der Waals surface area (Å²) >= 11 is 0.